The van der Waals surface area contributed by atoms with Gasteiger partial charge in [0, 0.05) is 5.69 Å². The summed E-state index contributed by atoms with van der Waals surface area (Å²) in [5.41, 5.74) is 0.0765. The van der Waals surface area contributed by atoms with Crippen LogP contribution >= 0.6 is 0 Å². The first-order chi connectivity index (χ1) is 11.3. The van der Waals surface area contributed by atoms with E-state index >= 15 is 0 Å². The van der Waals surface area contributed by atoms with Crippen LogP contribution < -0.4 is 5.32 Å². The molecule has 0 atom stereocenters. The van der Waals surface area contributed by atoms with Gasteiger partial charge in [0.1, 0.15) is 5.82 Å². The molecule has 0 saturated carbocycles. The number of anilines is 2. The smallest absolute Gasteiger partial charge is 0.416 e. The number of alkyl halides is 3. The van der Waals surface area contributed by atoms with Crippen LogP contribution in [0.4, 0.5) is 28.9 Å². The summed E-state index contributed by atoms with van der Waals surface area (Å²) in [6, 6.07) is 6.76. The molecule has 1 N–H and O–H groups in total. The van der Waals surface area contributed by atoms with Gasteiger partial charge in [0.05, 0.1) is 23.9 Å². The molecular weight excluding hydrogens is 326 g/mol. The standard InChI is InChI=1S/C17H15F4NO2/c1-3-10-8-12(18)5-7-14(10)22-15-6-4-11(17(19,20)21)9-13(15)16(23)24-2/h4-9,22H,3H2,1-2H3. The van der Waals surface area contributed by atoms with E-state index in [0.29, 0.717) is 17.7 Å². The number of benzene rings is 2. The monoisotopic (exact) mass is 341 g/mol. The minimum absolute atomic E-state index is 0.149. The van der Waals surface area contributed by atoms with Crippen molar-refractivity contribution < 1.29 is 27.1 Å². The van der Waals surface area contributed by atoms with Gasteiger partial charge in [-0.1, -0.05) is 6.92 Å². The Labute approximate surface area is 136 Å². The van der Waals surface area contributed by atoms with Crippen molar-refractivity contribution in [3.8, 4) is 0 Å². The lowest BCUT2D eigenvalue weighted by Crippen LogP contribution is -2.11. The van der Waals surface area contributed by atoms with Gasteiger partial charge in [0.15, 0.2) is 0 Å². The van der Waals surface area contributed by atoms with Crippen molar-refractivity contribution in [2.75, 3.05) is 12.4 Å². The number of carbonyl (C=O) groups excluding carboxylic acids is 1. The van der Waals surface area contributed by atoms with Crippen molar-refractivity contribution in [3.63, 3.8) is 0 Å². The summed E-state index contributed by atoms with van der Waals surface area (Å²) in [7, 11) is 1.09. The molecule has 2 aromatic carbocycles. The first kappa shape index (κ1) is 17.8. The maximum Gasteiger partial charge on any atom is 0.416 e. The molecule has 0 bridgehead atoms. The van der Waals surface area contributed by atoms with Crippen molar-refractivity contribution in [2.45, 2.75) is 19.5 Å². The van der Waals surface area contributed by atoms with Gasteiger partial charge in [-0.25, -0.2) is 9.18 Å². The molecule has 0 amide bonds. The fourth-order valence-electron chi connectivity index (χ4n) is 2.23. The van der Waals surface area contributed by atoms with Crippen LogP contribution in [-0.4, -0.2) is 13.1 Å². The van der Waals surface area contributed by atoms with Gasteiger partial charge in [-0.15, -0.1) is 0 Å². The van der Waals surface area contributed by atoms with Crippen LogP contribution in [0.15, 0.2) is 36.4 Å². The lowest BCUT2D eigenvalue weighted by molar-refractivity contribution is -0.137. The molecule has 7 heteroatoms. The van der Waals surface area contributed by atoms with Crippen LogP contribution in [0.5, 0.6) is 0 Å². The van der Waals surface area contributed by atoms with Gasteiger partial charge < -0.3 is 10.1 Å². The number of ether oxygens (including phenoxy) is 1. The van der Waals surface area contributed by atoms with E-state index in [-0.39, 0.29) is 11.3 Å². The maximum absolute atomic E-state index is 13.3. The SMILES string of the molecule is CCc1cc(F)ccc1Nc1ccc(C(F)(F)F)cc1C(=O)OC. The Morgan fingerprint density at radius 1 is 1.12 bits per heavy atom. The van der Waals surface area contributed by atoms with Crippen LogP contribution in [0.2, 0.25) is 0 Å². The molecule has 0 spiro atoms. The van der Waals surface area contributed by atoms with E-state index < -0.39 is 23.5 Å². The molecule has 0 heterocycles. The normalized spacial score (nSPS) is 11.2. The fourth-order valence-corrected chi connectivity index (χ4v) is 2.23. The van der Waals surface area contributed by atoms with Gasteiger partial charge in [0.2, 0.25) is 0 Å². The average Bonchev–Trinajstić information content (AvgIpc) is 2.55. The number of hydrogen-bond acceptors (Lipinski definition) is 3. The first-order valence-electron chi connectivity index (χ1n) is 7.11. The predicted octanol–water partition coefficient (Wildman–Crippen LogP) is 4.94. The van der Waals surface area contributed by atoms with E-state index in [1.807, 2.05) is 6.92 Å². The molecule has 0 saturated heterocycles. The van der Waals surface area contributed by atoms with Gasteiger partial charge in [-0.3, -0.25) is 0 Å². The Hall–Kier alpha value is -2.57. The maximum atomic E-state index is 13.3. The topological polar surface area (TPSA) is 38.3 Å². The van der Waals surface area contributed by atoms with Crippen molar-refractivity contribution in [1.82, 2.24) is 0 Å². The minimum Gasteiger partial charge on any atom is -0.465 e. The van der Waals surface area contributed by atoms with E-state index in [9.17, 15) is 22.4 Å². The highest BCUT2D eigenvalue weighted by molar-refractivity contribution is 5.96. The second kappa shape index (κ2) is 6.90. The van der Waals surface area contributed by atoms with Crippen LogP contribution in [0.1, 0.15) is 28.4 Å². The van der Waals surface area contributed by atoms with Crippen molar-refractivity contribution >= 4 is 17.3 Å². The zero-order valence-corrected chi connectivity index (χ0v) is 13.0. The van der Waals surface area contributed by atoms with Crippen LogP contribution in [0, 0.1) is 5.82 Å². The van der Waals surface area contributed by atoms with Crippen LogP contribution in [0.3, 0.4) is 0 Å². The Morgan fingerprint density at radius 3 is 2.38 bits per heavy atom. The molecule has 128 valence electrons. The molecule has 0 radical (unpaired) electrons. The number of methoxy groups -OCH3 is 1. The zero-order chi connectivity index (χ0) is 17.9. The average molecular weight is 341 g/mol. The third kappa shape index (κ3) is 3.84. The number of esters is 1. The number of rotatable bonds is 4. The van der Waals surface area contributed by atoms with E-state index in [4.69, 9.17) is 0 Å². The Morgan fingerprint density at radius 2 is 1.79 bits per heavy atom. The highest BCUT2D eigenvalue weighted by Gasteiger charge is 2.32. The number of nitrogens with one attached hydrogen (secondary N) is 1. The Kier molecular flexibility index (Phi) is 5.11. The lowest BCUT2D eigenvalue weighted by Gasteiger charge is -2.16. The summed E-state index contributed by atoms with van der Waals surface area (Å²) in [5.74, 6) is -1.32. The number of carbonyl (C=O) groups is 1. The van der Waals surface area contributed by atoms with Crippen molar-refractivity contribution in [3.05, 3.63) is 58.9 Å². The number of hydrogen-bond donors (Lipinski definition) is 1. The summed E-state index contributed by atoms with van der Waals surface area (Å²) < 4.78 is 56.4. The Balaban J connectivity index is 2.48. The fraction of sp³-hybridized carbons (Fsp3) is 0.235. The van der Waals surface area contributed by atoms with Gasteiger partial charge >= 0.3 is 12.1 Å². The molecule has 2 rings (SSSR count). The van der Waals surface area contributed by atoms with Crippen LogP contribution in [0.25, 0.3) is 0 Å². The van der Waals surface area contributed by atoms with E-state index in [1.165, 1.54) is 18.2 Å². The lowest BCUT2D eigenvalue weighted by atomic mass is 10.1. The second-order valence-corrected chi connectivity index (χ2v) is 5.03. The molecule has 2 aromatic rings. The van der Waals surface area contributed by atoms with E-state index in [1.54, 1.807) is 0 Å². The highest BCUT2D eigenvalue weighted by Crippen LogP contribution is 2.33. The van der Waals surface area contributed by atoms with Crippen molar-refractivity contribution in [2.24, 2.45) is 0 Å². The highest BCUT2D eigenvalue weighted by atomic mass is 19.4. The van der Waals surface area contributed by atoms with Gasteiger partial charge in [-0.2, -0.15) is 13.2 Å². The van der Waals surface area contributed by atoms with E-state index in [2.05, 4.69) is 10.1 Å². The number of aryl methyl sites for hydroxylation is 1. The third-order valence-electron chi connectivity index (χ3n) is 3.47. The zero-order valence-electron chi connectivity index (χ0n) is 13.0. The summed E-state index contributed by atoms with van der Waals surface area (Å²) in [4.78, 5) is 11.8. The van der Waals surface area contributed by atoms with Crippen LogP contribution in [-0.2, 0) is 17.3 Å². The molecule has 0 aromatic heterocycles. The second-order valence-electron chi connectivity index (χ2n) is 5.03. The largest absolute Gasteiger partial charge is 0.465 e. The summed E-state index contributed by atoms with van der Waals surface area (Å²) >= 11 is 0. The van der Waals surface area contributed by atoms with Gasteiger partial charge in [0.25, 0.3) is 0 Å². The Bertz CT molecular complexity index is 757. The number of halogens is 4. The minimum atomic E-state index is -4.58. The molecule has 0 aliphatic carbocycles. The molecule has 3 nitrogen and oxygen atoms in total. The van der Waals surface area contributed by atoms with E-state index in [0.717, 1.165) is 25.3 Å². The predicted molar refractivity (Wildman–Crippen MR) is 81.8 cm³/mol. The molecule has 24 heavy (non-hydrogen) atoms. The third-order valence-corrected chi connectivity index (χ3v) is 3.47. The molecule has 0 aliphatic rings. The molecule has 0 fully saturated rings. The quantitative estimate of drug-likeness (QED) is 0.632. The summed E-state index contributed by atoms with van der Waals surface area (Å²) in [6.07, 6.45) is -4.07. The first-order valence-corrected chi connectivity index (χ1v) is 7.11. The molecule has 0 aliphatic heterocycles. The molecular formula is C17H15F4NO2. The van der Waals surface area contributed by atoms with Crippen molar-refractivity contribution in [1.29, 1.82) is 0 Å². The summed E-state index contributed by atoms with van der Waals surface area (Å²) in [5, 5.41) is 2.88. The van der Waals surface area contributed by atoms with Gasteiger partial charge in [-0.05, 0) is 48.4 Å². The summed E-state index contributed by atoms with van der Waals surface area (Å²) in [6.45, 7) is 1.81. The molecule has 0 unspecified atom stereocenters.